The predicted octanol–water partition coefficient (Wildman–Crippen LogP) is 1.86. The number of hydrogen-bond acceptors (Lipinski definition) is 3. The summed E-state index contributed by atoms with van der Waals surface area (Å²) in [6.07, 6.45) is 0.222. The fourth-order valence-corrected chi connectivity index (χ4v) is 0.964. The summed E-state index contributed by atoms with van der Waals surface area (Å²) in [5.74, 6) is -0.0718. The molecule has 1 heterocycles. The van der Waals surface area contributed by atoms with Crippen LogP contribution in [0.5, 0.6) is 0 Å². The lowest BCUT2D eigenvalue weighted by Gasteiger charge is -2.16. The number of aliphatic carboxylic acids is 1. The largest absolute Gasteiger partial charge is 0.481 e. The highest BCUT2D eigenvalue weighted by Gasteiger charge is 2.15. The minimum absolute atomic E-state index is 0.0565. The van der Waals surface area contributed by atoms with Gasteiger partial charge in [0.15, 0.2) is 0 Å². The first-order chi connectivity index (χ1) is 7.66. The summed E-state index contributed by atoms with van der Waals surface area (Å²) in [6, 6.07) is 1.55. The number of aromatic amines is 1. The van der Waals surface area contributed by atoms with Gasteiger partial charge in [0.05, 0.1) is 5.69 Å². The summed E-state index contributed by atoms with van der Waals surface area (Å²) in [5.41, 5.74) is 0.704. The van der Waals surface area contributed by atoms with E-state index in [1.54, 1.807) is 19.9 Å². The molecule has 17 heavy (non-hydrogen) atoms. The topological polar surface area (TPSA) is 83.0 Å². The summed E-state index contributed by atoms with van der Waals surface area (Å²) in [5, 5.41) is 7.72. The predicted molar refractivity (Wildman–Crippen MR) is 66.2 cm³/mol. The van der Waals surface area contributed by atoms with E-state index in [4.69, 9.17) is 5.11 Å². The van der Waals surface area contributed by atoms with Crippen molar-refractivity contribution in [2.24, 2.45) is 0 Å². The number of aromatic nitrogens is 2. The average molecular weight is 240 g/mol. The Morgan fingerprint density at radius 3 is 2.24 bits per heavy atom. The molecule has 0 spiro atoms. The first kappa shape index (κ1) is 15.3. The van der Waals surface area contributed by atoms with Crippen molar-refractivity contribution in [3.05, 3.63) is 27.9 Å². The summed E-state index contributed by atoms with van der Waals surface area (Å²) in [6.45, 7) is 9.50. The maximum absolute atomic E-state index is 11.1. The Bertz CT molecular complexity index is 430. The van der Waals surface area contributed by atoms with Gasteiger partial charge in [0.25, 0.3) is 5.56 Å². The molecule has 0 unspecified atom stereocenters. The van der Waals surface area contributed by atoms with Crippen LogP contribution in [0.3, 0.4) is 0 Å². The first-order valence-electron chi connectivity index (χ1n) is 5.47. The third kappa shape index (κ3) is 6.50. The smallest absolute Gasteiger partial charge is 0.303 e. The van der Waals surface area contributed by atoms with E-state index >= 15 is 0 Å². The molecule has 2 N–H and O–H groups in total. The number of aryl methyl sites for hydroxylation is 1. The lowest BCUT2D eigenvalue weighted by molar-refractivity contribution is -0.136. The van der Waals surface area contributed by atoms with E-state index in [2.05, 4.69) is 9.97 Å². The average Bonchev–Trinajstić information content (AvgIpc) is 2.15. The molecule has 0 aliphatic heterocycles. The van der Waals surface area contributed by atoms with E-state index in [0.717, 1.165) is 5.69 Å². The van der Waals surface area contributed by atoms with Crippen molar-refractivity contribution < 1.29 is 9.90 Å². The minimum Gasteiger partial charge on any atom is -0.481 e. The molecule has 0 saturated carbocycles. The van der Waals surface area contributed by atoms with Crippen molar-refractivity contribution in [3.8, 4) is 0 Å². The Labute approximate surface area is 101 Å². The van der Waals surface area contributed by atoms with Crippen molar-refractivity contribution in [3.63, 3.8) is 0 Å². The van der Waals surface area contributed by atoms with E-state index in [1.165, 1.54) is 0 Å². The molecule has 0 bridgehead atoms. The molecule has 5 nitrogen and oxygen atoms in total. The van der Waals surface area contributed by atoms with Gasteiger partial charge in [0.1, 0.15) is 5.82 Å². The van der Waals surface area contributed by atoms with Gasteiger partial charge in [-0.3, -0.25) is 9.59 Å². The zero-order valence-corrected chi connectivity index (χ0v) is 11.0. The minimum atomic E-state index is -0.745. The summed E-state index contributed by atoms with van der Waals surface area (Å²) in [4.78, 5) is 27.3. The SMILES string of the molecule is CCC(=O)O.Cc1nc(C(C)(C)C)cc(=O)[nH]1. The van der Waals surface area contributed by atoms with Gasteiger partial charge in [0, 0.05) is 17.9 Å². The van der Waals surface area contributed by atoms with Crippen LogP contribution in [0.4, 0.5) is 0 Å². The molecule has 0 radical (unpaired) electrons. The van der Waals surface area contributed by atoms with Gasteiger partial charge < -0.3 is 10.1 Å². The van der Waals surface area contributed by atoms with E-state index in [1.807, 2.05) is 20.8 Å². The van der Waals surface area contributed by atoms with Gasteiger partial charge in [-0.05, 0) is 6.92 Å². The molecule has 0 atom stereocenters. The molecule has 0 amide bonds. The zero-order chi connectivity index (χ0) is 13.6. The lowest BCUT2D eigenvalue weighted by Crippen LogP contribution is -2.19. The molecule has 0 aromatic carbocycles. The molecule has 0 aliphatic rings. The number of nitrogens with zero attached hydrogens (tertiary/aromatic N) is 1. The zero-order valence-electron chi connectivity index (χ0n) is 11.0. The highest BCUT2D eigenvalue weighted by molar-refractivity contribution is 5.66. The van der Waals surface area contributed by atoms with E-state index in [9.17, 15) is 9.59 Å². The molecule has 0 fully saturated rings. The summed E-state index contributed by atoms with van der Waals surface area (Å²) >= 11 is 0. The lowest BCUT2D eigenvalue weighted by atomic mass is 9.92. The van der Waals surface area contributed by atoms with Crippen LogP contribution < -0.4 is 5.56 Å². The highest BCUT2D eigenvalue weighted by atomic mass is 16.4. The summed E-state index contributed by atoms with van der Waals surface area (Å²) in [7, 11) is 0. The molecule has 96 valence electrons. The van der Waals surface area contributed by atoms with E-state index in [0.29, 0.717) is 5.82 Å². The number of H-pyrrole nitrogens is 1. The second-order valence-corrected chi connectivity index (χ2v) is 4.71. The standard InChI is InChI=1S/C9H14N2O.C3H6O2/c1-6-10-7(9(2,3)4)5-8(12)11-6;1-2-3(4)5/h5H,1-4H3,(H,10,11,12);2H2,1H3,(H,4,5). The van der Waals surface area contributed by atoms with E-state index in [-0.39, 0.29) is 17.4 Å². The molecular formula is C12H20N2O3. The third-order valence-electron chi connectivity index (χ3n) is 1.93. The van der Waals surface area contributed by atoms with Crippen LogP contribution in [-0.4, -0.2) is 21.0 Å². The van der Waals surface area contributed by atoms with Gasteiger partial charge in [-0.2, -0.15) is 0 Å². The maximum Gasteiger partial charge on any atom is 0.303 e. The molecule has 1 aromatic rings. The first-order valence-corrected chi connectivity index (χ1v) is 5.47. The third-order valence-corrected chi connectivity index (χ3v) is 1.93. The molecule has 1 aromatic heterocycles. The Kier molecular flexibility index (Phi) is 5.58. The van der Waals surface area contributed by atoms with Crippen LogP contribution >= 0.6 is 0 Å². The Hall–Kier alpha value is -1.65. The second kappa shape index (κ2) is 6.18. The van der Waals surface area contributed by atoms with Crippen molar-refractivity contribution in [2.75, 3.05) is 0 Å². The number of hydrogen-bond donors (Lipinski definition) is 2. The highest BCUT2D eigenvalue weighted by Crippen LogP contribution is 2.17. The normalized spacial score (nSPS) is 10.4. The monoisotopic (exact) mass is 240 g/mol. The van der Waals surface area contributed by atoms with Crippen LogP contribution in [0.1, 0.15) is 45.6 Å². The Balaban J connectivity index is 0.000000437. The number of carboxylic acid groups (broad SMARTS) is 1. The van der Waals surface area contributed by atoms with Gasteiger partial charge >= 0.3 is 5.97 Å². The molecule has 1 rings (SSSR count). The molecule has 5 heteroatoms. The summed E-state index contributed by atoms with van der Waals surface area (Å²) < 4.78 is 0. The Morgan fingerprint density at radius 2 is 1.94 bits per heavy atom. The van der Waals surface area contributed by atoms with Crippen LogP contribution in [0.2, 0.25) is 0 Å². The van der Waals surface area contributed by atoms with Crippen LogP contribution in [0.15, 0.2) is 10.9 Å². The maximum atomic E-state index is 11.1. The van der Waals surface area contributed by atoms with Crippen LogP contribution in [0, 0.1) is 6.92 Å². The molecule has 0 saturated heterocycles. The number of rotatable bonds is 1. The second-order valence-electron chi connectivity index (χ2n) is 4.71. The van der Waals surface area contributed by atoms with Crippen molar-refractivity contribution in [2.45, 2.75) is 46.5 Å². The van der Waals surface area contributed by atoms with Crippen molar-refractivity contribution >= 4 is 5.97 Å². The van der Waals surface area contributed by atoms with Crippen LogP contribution in [-0.2, 0) is 10.2 Å². The van der Waals surface area contributed by atoms with Crippen LogP contribution in [0.25, 0.3) is 0 Å². The van der Waals surface area contributed by atoms with Gasteiger partial charge in [-0.15, -0.1) is 0 Å². The number of nitrogens with one attached hydrogen (secondary N) is 1. The van der Waals surface area contributed by atoms with Crippen molar-refractivity contribution in [1.82, 2.24) is 9.97 Å². The number of carboxylic acids is 1. The van der Waals surface area contributed by atoms with Gasteiger partial charge in [-0.1, -0.05) is 27.7 Å². The Morgan fingerprint density at radius 1 is 1.47 bits per heavy atom. The fourth-order valence-electron chi connectivity index (χ4n) is 0.964. The fraction of sp³-hybridized carbons (Fsp3) is 0.583. The van der Waals surface area contributed by atoms with E-state index < -0.39 is 5.97 Å². The van der Waals surface area contributed by atoms with Gasteiger partial charge in [0.2, 0.25) is 0 Å². The molecule has 0 aliphatic carbocycles. The van der Waals surface area contributed by atoms with Gasteiger partial charge in [-0.25, -0.2) is 4.98 Å². The quantitative estimate of drug-likeness (QED) is 0.784. The molecular weight excluding hydrogens is 220 g/mol. The number of carbonyl (C=O) groups is 1. The van der Waals surface area contributed by atoms with Crippen molar-refractivity contribution in [1.29, 1.82) is 0 Å².